The smallest absolute Gasteiger partial charge is 0.229 e. The largest absolute Gasteiger partial charge is 0.497 e. The zero-order chi connectivity index (χ0) is 21.4. The maximum Gasteiger partial charge on any atom is 0.229 e. The molecule has 0 bridgehead atoms. The van der Waals surface area contributed by atoms with E-state index in [2.05, 4.69) is 32.0 Å². The summed E-state index contributed by atoms with van der Waals surface area (Å²) in [4.78, 5) is 14.3. The van der Waals surface area contributed by atoms with Gasteiger partial charge in [-0.2, -0.15) is 4.52 Å². The highest BCUT2D eigenvalue weighted by atomic mass is 16.5. The van der Waals surface area contributed by atoms with Crippen LogP contribution in [-0.2, 0) is 6.54 Å². The van der Waals surface area contributed by atoms with Crippen LogP contribution in [0.3, 0.4) is 0 Å². The second-order valence-corrected chi connectivity index (χ2v) is 7.76. The van der Waals surface area contributed by atoms with E-state index in [4.69, 9.17) is 14.5 Å². The second-order valence-electron chi connectivity index (χ2n) is 7.76. The fourth-order valence-electron chi connectivity index (χ4n) is 4.20. The highest BCUT2D eigenvalue weighted by Gasteiger charge is 2.23. The van der Waals surface area contributed by atoms with E-state index in [0.29, 0.717) is 0 Å². The molecule has 5 rings (SSSR count). The molecular weight excluding hydrogens is 392 g/mol. The Bertz CT molecular complexity index is 1230. The monoisotopic (exact) mass is 418 g/mol. The Balaban J connectivity index is 1.38. The molecule has 1 aliphatic rings. The lowest BCUT2D eigenvalue weighted by Gasteiger charge is -2.35. The van der Waals surface area contributed by atoms with Gasteiger partial charge < -0.3 is 14.4 Å². The number of rotatable bonds is 5. The van der Waals surface area contributed by atoms with E-state index >= 15 is 0 Å². The Morgan fingerprint density at radius 1 is 0.935 bits per heavy atom. The quantitative estimate of drug-likeness (QED) is 0.494. The Hall–Kier alpha value is -3.39. The van der Waals surface area contributed by atoms with Gasteiger partial charge in [-0.15, -0.1) is 5.10 Å². The highest BCUT2D eigenvalue weighted by Crippen LogP contribution is 2.27. The zero-order valence-electron chi connectivity index (χ0n) is 18.1. The lowest BCUT2D eigenvalue weighted by atomic mass is 10.1. The molecule has 4 aromatic rings. The number of benzene rings is 2. The van der Waals surface area contributed by atoms with Crippen molar-refractivity contribution in [3.8, 4) is 11.5 Å². The van der Waals surface area contributed by atoms with E-state index in [1.807, 2.05) is 41.8 Å². The third kappa shape index (κ3) is 3.63. The first-order chi connectivity index (χ1) is 15.2. The van der Waals surface area contributed by atoms with Gasteiger partial charge in [-0.3, -0.25) is 4.90 Å². The fraction of sp³-hybridized carbons (Fsp3) is 0.348. The predicted molar refractivity (Wildman–Crippen MR) is 120 cm³/mol. The van der Waals surface area contributed by atoms with E-state index in [-0.39, 0.29) is 0 Å². The van der Waals surface area contributed by atoms with E-state index in [1.165, 1.54) is 0 Å². The number of piperazine rings is 1. The molecule has 0 spiro atoms. The molecule has 0 atom stereocenters. The third-order valence-electron chi connectivity index (χ3n) is 5.80. The zero-order valence-corrected chi connectivity index (χ0v) is 18.1. The molecule has 0 radical (unpaired) electrons. The Kier molecular flexibility index (Phi) is 5.07. The number of anilines is 1. The average molecular weight is 419 g/mol. The number of hydrogen-bond donors (Lipinski definition) is 0. The van der Waals surface area contributed by atoms with Crippen LogP contribution in [0.15, 0.2) is 42.5 Å². The minimum atomic E-state index is 0.753. The second kappa shape index (κ2) is 8.03. The first kappa shape index (κ1) is 19.6. The van der Waals surface area contributed by atoms with Crippen molar-refractivity contribution in [3.05, 3.63) is 53.9 Å². The highest BCUT2D eigenvalue weighted by molar-refractivity contribution is 5.92. The molecule has 0 unspecified atom stereocenters. The molecule has 0 saturated carbocycles. The minimum absolute atomic E-state index is 0.753. The van der Waals surface area contributed by atoms with Crippen LogP contribution in [0.2, 0.25) is 0 Å². The third-order valence-corrected chi connectivity index (χ3v) is 5.80. The van der Waals surface area contributed by atoms with Crippen molar-refractivity contribution in [3.63, 3.8) is 0 Å². The first-order valence-electron chi connectivity index (χ1n) is 10.5. The molecule has 8 heteroatoms. The summed E-state index contributed by atoms with van der Waals surface area (Å²) in [6, 6.07) is 14.1. The lowest BCUT2D eigenvalue weighted by molar-refractivity contribution is 0.244. The van der Waals surface area contributed by atoms with Crippen LogP contribution in [-0.4, -0.2) is 64.9 Å². The molecule has 1 fully saturated rings. The number of fused-ring (bicyclic) bond motifs is 3. The van der Waals surface area contributed by atoms with Gasteiger partial charge in [0.1, 0.15) is 17.3 Å². The van der Waals surface area contributed by atoms with Crippen molar-refractivity contribution in [2.24, 2.45) is 0 Å². The topological polar surface area (TPSA) is 68.0 Å². The summed E-state index contributed by atoms with van der Waals surface area (Å²) in [5.41, 5.74) is 2.94. The summed E-state index contributed by atoms with van der Waals surface area (Å²) in [6.07, 6.45) is 0. The van der Waals surface area contributed by atoms with Crippen molar-refractivity contribution in [2.45, 2.75) is 13.5 Å². The maximum atomic E-state index is 5.55. The molecule has 2 aromatic carbocycles. The van der Waals surface area contributed by atoms with Gasteiger partial charge in [0.2, 0.25) is 5.95 Å². The van der Waals surface area contributed by atoms with Crippen molar-refractivity contribution in [2.75, 3.05) is 45.3 Å². The number of methoxy groups -OCH3 is 2. The van der Waals surface area contributed by atoms with E-state index < -0.39 is 0 Å². The Morgan fingerprint density at radius 2 is 1.74 bits per heavy atom. The van der Waals surface area contributed by atoms with Crippen LogP contribution in [0.4, 0.5) is 5.95 Å². The maximum absolute atomic E-state index is 5.55. The van der Waals surface area contributed by atoms with Gasteiger partial charge in [-0.25, -0.2) is 9.97 Å². The normalized spacial score (nSPS) is 15.0. The van der Waals surface area contributed by atoms with E-state index in [1.54, 1.807) is 14.2 Å². The van der Waals surface area contributed by atoms with Crippen LogP contribution >= 0.6 is 0 Å². The number of nitrogens with zero attached hydrogens (tertiary/aromatic N) is 6. The van der Waals surface area contributed by atoms with Crippen LogP contribution in [0.5, 0.6) is 11.5 Å². The predicted octanol–water partition coefficient (Wildman–Crippen LogP) is 2.93. The summed E-state index contributed by atoms with van der Waals surface area (Å²) >= 11 is 0. The molecular formula is C23H26N6O2. The van der Waals surface area contributed by atoms with Gasteiger partial charge in [0.05, 0.1) is 19.7 Å². The number of ether oxygens (including phenoxy) is 2. The SMILES string of the molecule is COc1ccc(OC)c(CN2CCN(c3nc4ccccc4c4nc(C)nn34)CC2)c1. The van der Waals surface area contributed by atoms with Gasteiger partial charge in [0, 0.05) is 43.7 Å². The molecule has 2 aromatic heterocycles. The van der Waals surface area contributed by atoms with Gasteiger partial charge in [-0.05, 0) is 37.3 Å². The molecule has 3 heterocycles. The standard InChI is InChI=1S/C23H26N6O2/c1-16-24-22-19-6-4-5-7-20(19)25-23(29(22)26-16)28-12-10-27(11-13-28)15-17-14-18(30-2)8-9-21(17)31-3/h4-9,14H,10-13,15H2,1-3H3. The molecule has 8 nitrogen and oxygen atoms in total. The summed E-state index contributed by atoms with van der Waals surface area (Å²) in [7, 11) is 3.40. The van der Waals surface area contributed by atoms with Crippen LogP contribution in [0.25, 0.3) is 16.6 Å². The fourth-order valence-corrected chi connectivity index (χ4v) is 4.20. The Morgan fingerprint density at radius 3 is 2.52 bits per heavy atom. The first-order valence-corrected chi connectivity index (χ1v) is 10.5. The number of aryl methyl sites for hydroxylation is 1. The molecule has 0 N–H and O–H groups in total. The van der Waals surface area contributed by atoms with Gasteiger partial charge >= 0.3 is 0 Å². The Labute approximate surface area is 181 Å². The molecule has 1 aliphatic heterocycles. The average Bonchev–Trinajstić information content (AvgIpc) is 3.20. The van der Waals surface area contributed by atoms with Gasteiger partial charge in [0.25, 0.3) is 0 Å². The van der Waals surface area contributed by atoms with E-state index in [0.717, 1.165) is 78.1 Å². The summed E-state index contributed by atoms with van der Waals surface area (Å²) in [6.45, 7) is 6.31. The minimum Gasteiger partial charge on any atom is -0.497 e. The van der Waals surface area contributed by atoms with Crippen LogP contribution in [0.1, 0.15) is 11.4 Å². The number of para-hydroxylation sites is 1. The van der Waals surface area contributed by atoms with Crippen molar-refractivity contribution in [1.29, 1.82) is 0 Å². The van der Waals surface area contributed by atoms with Gasteiger partial charge in [-0.1, -0.05) is 12.1 Å². The van der Waals surface area contributed by atoms with Crippen molar-refractivity contribution < 1.29 is 9.47 Å². The van der Waals surface area contributed by atoms with Crippen LogP contribution in [0, 0.1) is 6.92 Å². The molecule has 1 saturated heterocycles. The number of hydrogen-bond acceptors (Lipinski definition) is 7. The molecule has 31 heavy (non-hydrogen) atoms. The summed E-state index contributed by atoms with van der Waals surface area (Å²) < 4.78 is 12.8. The van der Waals surface area contributed by atoms with Crippen molar-refractivity contribution in [1.82, 2.24) is 24.5 Å². The van der Waals surface area contributed by atoms with Crippen molar-refractivity contribution >= 4 is 22.5 Å². The van der Waals surface area contributed by atoms with Gasteiger partial charge in [0.15, 0.2) is 5.65 Å². The molecule has 160 valence electrons. The lowest BCUT2D eigenvalue weighted by Crippen LogP contribution is -2.47. The van der Waals surface area contributed by atoms with E-state index in [9.17, 15) is 0 Å². The summed E-state index contributed by atoms with van der Waals surface area (Å²) in [5, 5.41) is 5.65. The molecule has 0 amide bonds. The van der Waals surface area contributed by atoms with Crippen LogP contribution < -0.4 is 14.4 Å². The summed E-state index contributed by atoms with van der Waals surface area (Å²) in [5.74, 6) is 3.34. The molecule has 0 aliphatic carbocycles. The number of aromatic nitrogens is 4.